The molecule has 0 amide bonds. The molecule has 5 rings (SSSR count). The van der Waals surface area contributed by atoms with Crippen molar-refractivity contribution >= 4 is 17.4 Å². The number of para-hydroxylation sites is 2. The van der Waals surface area contributed by atoms with Crippen LogP contribution in [0.4, 0.5) is 0 Å². The fourth-order valence-electron chi connectivity index (χ4n) is 4.84. The molecule has 0 bridgehead atoms. The lowest BCUT2D eigenvalue weighted by Crippen LogP contribution is -2.39. The van der Waals surface area contributed by atoms with Gasteiger partial charge in [-0.3, -0.25) is 4.79 Å². The Bertz CT molecular complexity index is 1240. The Morgan fingerprint density at radius 1 is 0.970 bits per heavy atom. The van der Waals surface area contributed by atoms with Gasteiger partial charge in [-0.25, -0.2) is 0 Å². The summed E-state index contributed by atoms with van der Waals surface area (Å²) in [7, 11) is 0. The van der Waals surface area contributed by atoms with Crippen LogP contribution in [-0.4, -0.2) is 25.1 Å². The second-order valence-corrected chi connectivity index (χ2v) is 8.64. The minimum atomic E-state index is -0.528. The van der Waals surface area contributed by atoms with Crippen LogP contribution in [0, 0.1) is 5.92 Å². The van der Waals surface area contributed by atoms with Gasteiger partial charge in [0.25, 0.3) is 0 Å². The third-order valence-corrected chi connectivity index (χ3v) is 6.30. The molecule has 0 saturated heterocycles. The molecule has 0 radical (unpaired) electrons. The Kier molecular flexibility index (Phi) is 5.28. The molecule has 2 heterocycles. The van der Waals surface area contributed by atoms with Gasteiger partial charge in [0.1, 0.15) is 5.76 Å². The Hall–Kier alpha value is -3.47. The fourth-order valence-corrected chi connectivity index (χ4v) is 4.84. The monoisotopic (exact) mass is 444 g/mol. The Morgan fingerprint density at radius 3 is 2.30 bits per heavy atom. The highest BCUT2D eigenvalue weighted by Gasteiger charge is 2.45. The molecule has 1 aliphatic carbocycles. The van der Waals surface area contributed by atoms with Crippen molar-refractivity contribution in [3.05, 3.63) is 70.0 Å². The lowest BCUT2D eigenvalue weighted by Gasteiger charge is -2.39. The first-order valence-corrected chi connectivity index (χ1v) is 11.5. The maximum Gasteiger partial charge on any atom is 0.197 e. The molecular formula is C28H28O5. The highest BCUT2D eigenvalue weighted by molar-refractivity contribution is 6.20. The summed E-state index contributed by atoms with van der Waals surface area (Å²) in [6, 6.07) is 11.6. The largest absolute Gasteiger partial charge is 0.490 e. The predicted molar refractivity (Wildman–Crippen MR) is 128 cm³/mol. The van der Waals surface area contributed by atoms with E-state index in [-0.39, 0.29) is 11.7 Å². The highest BCUT2D eigenvalue weighted by atomic mass is 16.5. The van der Waals surface area contributed by atoms with Gasteiger partial charge in [0.05, 0.1) is 18.8 Å². The Labute approximate surface area is 194 Å². The molecule has 0 unspecified atom stereocenters. The number of rotatable bonds is 5. The first-order valence-electron chi connectivity index (χ1n) is 11.5. The van der Waals surface area contributed by atoms with Crippen molar-refractivity contribution < 1.29 is 23.7 Å². The third kappa shape index (κ3) is 3.26. The summed E-state index contributed by atoms with van der Waals surface area (Å²) in [5.74, 6) is 3.27. The van der Waals surface area contributed by atoms with Crippen LogP contribution in [0.25, 0.3) is 11.6 Å². The number of carbonyl (C=O) groups is 1. The van der Waals surface area contributed by atoms with Crippen LogP contribution < -0.4 is 18.9 Å². The molecule has 2 aliphatic heterocycles. The SMILES string of the molecule is CCOc1cccc2c1OC1=C(C(C)C)[C@H]3Oc4c(OCC)cccc4C(C)=C3C(=O)C1=C2. The fraction of sp³-hybridized carbons (Fsp3) is 0.321. The maximum absolute atomic E-state index is 13.8. The van der Waals surface area contributed by atoms with Crippen molar-refractivity contribution in [1.29, 1.82) is 0 Å². The quantitative estimate of drug-likeness (QED) is 0.567. The number of Topliss-reactive ketones (excluding diaryl/α,β-unsaturated/α-hetero) is 1. The van der Waals surface area contributed by atoms with Crippen LogP contribution in [0.1, 0.15) is 45.7 Å². The lowest BCUT2D eigenvalue weighted by molar-refractivity contribution is -0.113. The molecule has 33 heavy (non-hydrogen) atoms. The van der Waals surface area contributed by atoms with Crippen LogP contribution in [0.3, 0.4) is 0 Å². The number of fused-ring (bicyclic) bond motifs is 4. The summed E-state index contributed by atoms with van der Waals surface area (Å²) in [5.41, 5.74) is 4.83. The van der Waals surface area contributed by atoms with E-state index >= 15 is 0 Å². The summed E-state index contributed by atoms with van der Waals surface area (Å²) in [6.07, 6.45) is 1.39. The third-order valence-electron chi connectivity index (χ3n) is 6.30. The average Bonchev–Trinajstić information content (AvgIpc) is 2.79. The number of carbonyl (C=O) groups excluding carboxylic acids is 1. The van der Waals surface area contributed by atoms with Gasteiger partial charge >= 0.3 is 0 Å². The molecule has 3 aliphatic rings. The molecule has 0 fully saturated rings. The smallest absolute Gasteiger partial charge is 0.197 e. The topological polar surface area (TPSA) is 54.0 Å². The van der Waals surface area contributed by atoms with Crippen molar-refractivity contribution in [3.8, 4) is 23.0 Å². The summed E-state index contributed by atoms with van der Waals surface area (Å²) < 4.78 is 24.6. The predicted octanol–water partition coefficient (Wildman–Crippen LogP) is 5.99. The number of benzene rings is 2. The van der Waals surface area contributed by atoms with Crippen molar-refractivity contribution in [2.75, 3.05) is 13.2 Å². The molecule has 0 N–H and O–H groups in total. The van der Waals surface area contributed by atoms with E-state index in [2.05, 4.69) is 13.8 Å². The van der Waals surface area contributed by atoms with E-state index in [1.807, 2.05) is 63.2 Å². The van der Waals surface area contributed by atoms with Crippen molar-refractivity contribution in [2.45, 2.75) is 40.7 Å². The van der Waals surface area contributed by atoms with E-state index in [4.69, 9.17) is 18.9 Å². The molecule has 0 saturated carbocycles. The van der Waals surface area contributed by atoms with Crippen molar-refractivity contribution in [2.24, 2.45) is 5.92 Å². The van der Waals surface area contributed by atoms with Crippen molar-refractivity contribution in [3.63, 3.8) is 0 Å². The maximum atomic E-state index is 13.8. The molecular weight excluding hydrogens is 416 g/mol. The molecule has 2 aromatic carbocycles. The second kappa shape index (κ2) is 8.14. The number of ketones is 1. The summed E-state index contributed by atoms with van der Waals surface area (Å²) in [5, 5.41) is 0. The van der Waals surface area contributed by atoms with E-state index < -0.39 is 6.10 Å². The van der Waals surface area contributed by atoms with E-state index in [9.17, 15) is 4.79 Å². The van der Waals surface area contributed by atoms with E-state index in [0.29, 0.717) is 53.1 Å². The van der Waals surface area contributed by atoms with Crippen LogP contribution in [-0.2, 0) is 4.79 Å². The van der Waals surface area contributed by atoms with Crippen LogP contribution in [0.15, 0.2) is 58.9 Å². The van der Waals surface area contributed by atoms with Gasteiger partial charge in [0.15, 0.2) is 34.9 Å². The average molecular weight is 445 g/mol. The minimum absolute atomic E-state index is 0.0585. The van der Waals surface area contributed by atoms with Gasteiger partial charge in [-0.15, -0.1) is 0 Å². The first kappa shape index (κ1) is 21.4. The van der Waals surface area contributed by atoms with Gasteiger partial charge in [-0.2, -0.15) is 0 Å². The van der Waals surface area contributed by atoms with Crippen LogP contribution in [0.5, 0.6) is 23.0 Å². The van der Waals surface area contributed by atoms with E-state index in [1.165, 1.54) is 0 Å². The summed E-state index contributed by atoms with van der Waals surface area (Å²) in [4.78, 5) is 13.8. The molecule has 0 spiro atoms. The molecule has 5 heteroatoms. The van der Waals surface area contributed by atoms with Gasteiger partial charge < -0.3 is 18.9 Å². The normalized spacial score (nSPS) is 18.5. The first-order chi connectivity index (χ1) is 16.0. The molecule has 170 valence electrons. The summed E-state index contributed by atoms with van der Waals surface area (Å²) in [6.45, 7) is 11.1. The number of ether oxygens (including phenoxy) is 4. The van der Waals surface area contributed by atoms with Gasteiger partial charge in [0, 0.05) is 22.3 Å². The molecule has 2 aromatic rings. The van der Waals surface area contributed by atoms with Crippen molar-refractivity contribution in [1.82, 2.24) is 0 Å². The standard InChI is InChI=1S/C28H28O5/c1-6-30-20-12-8-10-17-14-19-24(29)23-16(5)18-11-9-13-21(31-7-2)26(18)33-28(23)22(15(3)4)27(19)32-25(17)20/h8-15,28H,6-7H2,1-5H3/t28-/m1/s1. The zero-order valence-corrected chi connectivity index (χ0v) is 19.7. The number of allylic oxidation sites excluding steroid dienone is 2. The molecule has 0 aromatic heterocycles. The van der Waals surface area contributed by atoms with Crippen LogP contribution in [0.2, 0.25) is 0 Å². The molecule has 1 atom stereocenters. The van der Waals surface area contributed by atoms with Gasteiger partial charge in [-0.1, -0.05) is 38.1 Å². The lowest BCUT2D eigenvalue weighted by atomic mass is 9.75. The zero-order chi connectivity index (χ0) is 23.3. The zero-order valence-electron chi connectivity index (χ0n) is 19.7. The van der Waals surface area contributed by atoms with Gasteiger partial charge in [0.2, 0.25) is 0 Å². The Balaban J connectivity index is 1.74. The number of hydrogen-bond donors (Lipinski definition) is 0. The van der Waals surface area contributed by atoms with E-state index in [0.717, 1.165) is 22.3 Å². The number of hydrogen-bond acceptors (Lipinski definition) is 5. The summed E-state index contributed by atoms with van der Waals surface area (Å²) >= 11 is 0. The van der Waals surface area contributed by atoms with E-state index in [1.54, 1.807) is 0 Å². The second-order valence-electron chi connectivity index (χ2n) is 8.64. The van der Waals surface area contributed by atoms with Crippen LogP contribution >= 0.6 is 0 Å². The minimum Gasteiger partial charge on any atom is -0.490 e. The Morgan fingerprint density at radius 2 is 1.64 bits per heavy atom. The highest BCUT2D eigenvalue weighted by Crippen LogP contribution is 2.51. The molecule has 5 nitrogen and oxygen atoms in total. The van der Waals surface area contributed by atoms with Gasteiger partial charge in [-0.05, 0) is 50.5 Å².